The van der Waals surface area contributed by atoms with Gasteiger partial charge in [0.1, 0.15) is 0 Å². The lowest BCUT2D eigenvalue weighted by Crippen LogP contribution is -2.40. The van der Waals surface area contributed by atoms with Gasteiger partial charge in [0.05, 0.1) is 6.61 Å². The number of para-hydroxylation sites is 1. The van der Waals surface area contributed by atoms with Crippen LogP contribution < -0.4 is 10.1 Å². The molecule has 1 aromatic rings. The first-order valence-corrected chi connectivity index (χ1v) is 6.75. The molecule has 0 radical (unpaired) electrons. The van der Waals surface area contributed by atoms with Gasteiger partial charge in [-0.1, -0.05) is 26.0 Å². The van der Waals surface area contributed by atoms with E-state index >= 15 is 0 Å². The van der Waals surface area contributed by atoms with Crippen molar-refractivity contribution >= 4 is 0 Å². The van der Waals surface area contributed by atoms with Crippen LogP contribution in [-0.2, 0) is 6.54 Å². The molecule has 0 unspecified atom stereocenters. The Labute approximate surface area is 110 Å². The predicted molar refractivity (Wildman–Crippen MR) is 75.1 cm³/mol. The zero-order chi connectivity index (χ0) is 13.6. The molecule has 102 valence electrons. The predicted octanol–water partition coefficient (Wildman–Crippen LogP) is 3.46. The lowest BCUT2D eigenvalue weighted by molar-refractivity contribution is 0.309. The van der Waals surface area contributed by atoms with Gasteiger partial charge in [-0.05, 0) is 32.8 Å². The molecule has 0 aliphatic rings. The third-order valence-corrected chi connectivity index (χ3v) is 3.65. The third-order valence-electron chi connectivity index (χ3n) is 3.65. The summed E-state index contributed by atoms with van der Waals surface area (Å²) in [7, 11) is 0. The van der Waals surface area contributed by atoms with Gasteiger partial charge >= 0.3 is 0 Å². The van der Waals surface area contributed by atoms with E-state index in [1.807, 2.05) is 19.1 Å². The Bertz CT molecular complexity index is 373. The molecule has 0 aromatic heterocycles. The van der Waals surface area contributed by atoms with Crippen molar-refractivity contribution in [2.24, 2.45) is 0 Å². The molecule has 2 N–H and O–H groups in total. The van der Waals surface area contributed by atoms with Crippen molar-refractivity contribution in [2.75, 3.05) is 6.61 Å². The summed E-state index contributed by atoms with van der Waals surface area (Å²) in [5.41, 5.74) is 1.00. The minimum Gasteiger partial charge on any atom is -0.504 e. The van der Waals surface area contributed by atoms with Crippen molar-refractivity contribution in [3.8, 4) is 11.5 Å². The van der Waals surface area contributed by atoms with E-state index in [4.69, 9.17) is 4.74 Å². The normalized spacial score (nSPS) is 11.6. The van der Waals surface area contributed by atoms with Gasteiger partial charge in [-0.2, -0.15) is 0 Å². The van der Waals surface area contributed by atoms with E-state index in [9.17, 15) is 5.11 Å². The van der Waals surface area contributed by atoms with E-state index in [1.165, 1.54) is 0 Å². The Hall–Kier alpha value is -1.22. The number of rotatable bonds is 7. The minimum absolute atomic E-state index is 0.119. The first-order valence-electron chi connectivity index (χ1n) is 6.75. The van der Waals surface area contributed by atoms with Crippen LogP contribution in [0.3, 0.4) is 0 Å². The number of nitrogens with one attached hydrogen (secondary N) is 1. The first-order chi connectivity index (χ1) is 8.56. The highest BCUT2D eigenvalue weighted by Crippen LogP contribution is 2.30. The molecule has 18 heavy (non-hydrogen) atoms. The summed E-state index contributed by atoms with van der Waals surface area (Å²) >= 11 is 0. The first kappa shape index (κ1) is 14.8. The number of ether oxygens (including phenoxy) is 1. The Kier molecular flexibility index (Phi) is 5.48. The number of hydrogen-bond acceptors (Lipinski definition) is 3. The van der Waals surface area contributed by atoms with Crippen LogP contribution in [0, 0.1) is 0 Å². The average Bonchev–Trinajstić information content (AvgIpc) is 2.39. The zero-order valence-electron chi connectivity index (χ0n) is 11.9. The van der Waals surface area contributed by atoms with Gasteiger partial charge in [-0.15, -0.1) is 0 Å². The fourth-order valence-corrected chi connectivity index (χ4v) is 1.79. The fourth-order valence-electron chi connectivity index (χ4n) is 1.79. The van der Waals surface area contributed by atoms with Gasteiger partial charge in [0.25, 0.3) is 0 Å². The molecular weight excluding hydrogens is 226 g/mol. The lowest BCUT2D eigenvalue weighted by atomic mass is 9.95. The van der Waals surface area contributed by atoms with Gasteiger partial charge in [0.2, 0.25) is 0 Å². The van der Waals surface area contributed by atoms with Gasteiger partial charge < -0.3 is 15.2 Å². The molecule has 0 amide bonds. The summed E-state index contributed by atoms with van der Waals surface area (Å²) in [6.45, 7) is 9.68. The van der Waals surface area contributed by atoms with E-state index in [0.29, 0.717) is 18.9 Å². The fraction of sp³-hybridized carbons (Fsp3) is 0.600. The Morgan fingerprint density at radius 3 is 2.44 bits per heavy atom. The van der Waals surface area contributed by atoms with Crippen LogP contribution in [0.4, 0.5) is 0 Å². The van der Waals surface area contributed by atoms with Crippen molar-refractivity contribution in [3.63, 3.8) is 0 Å². The molecule has 0 atom stereocenters. The molecule has 1 rings (SSSR count). The molecule has 3 nitrogen and oxygen atoms in total. The van der Waals surface area contributed by atoms with Gasteiger partial charge in [0.15, 0.2) is 11.5 Å². The van der Waals surface area contributed by atoms with Crippen LogP contribution in [0.25, 0.3) is 0 Å². The van der Waals surface area contributed by atoms with E-state index in [1.54, 1.807) is 6.07 Å². The van der Waals surface area contributed by atoms with Crippen molar-refractivity contribution in [1.82, 2.24) is 5.32 Å². The molecule has 0 bridgehead atoms. The number of aromatic hydroxyl groups is 1. The number of benzene rings is 1. The topological polar surface area (TPSA) is 41.5 Å². The average molecular weight is 251 g/mol. The van der Waals surface area contributed by atoms with Crippen molar-refractivity contribution in [3.05, 3.63) is 23.8 Å². The van der Waals surface area contributed by atoms with E-state index < -0.39 is 0 Å². The molecule has 0 fully saturated rings. The molecule has 0 saturated carbocycles. The van der Waals surface area contributed by atoms with Crippen molar-refractivity contribution < 1.29 is 9.84 Å². The zero-order valence-corrected chi connectivity index (χ0v) is 11.9. The summed E-state index contributed by atoms with van der Waals surface area (Å²) < 4.78 is 5.38. The second kappa shape index (κ2) is 6.64. The highest BCUT2D eigenvalue weighted by atomic mass is 16.5. The Morgan fingerprint density at radius 2 is 1.89 bits per heavy atom. The number of phenolic OH excluding ortho intramolecular Hbond substituents is 1. The molecule has 1 aromatic carbocycles. The van der Waals surface area contributed by atoms with Crippen LogP contribution in [0.2, 0.25) is 0 Å². The maximum absolute atomic E-state index is 10.1. The summed E-state index contributed by atoms with van der Waals surface area (Å²) in [4.78, 5) is 0. The molecular formula is C15H25NO2. The minimum atomic E-state index is 0.119. The van der Waals surface area contributed by atoms with Crippen LogP contribution >= 0.6 is 0 Å². The summed E-state index contributed by atoms with van der Waals surface area (Å²) in [5.74, 6) is 0.813. The Morgan fingerprint density at radius 1 is 1.22 bits per heavy atom. The Balaban J connectivity index is 2.76. The van der Waals surface area contributed by atoms with E-state index in [-0.39, 0.29) is 11.3 Å². The highest BCUT2D eigenvalue weighted by Gasteiger charge is 2.19. The third kappa shape index (κ3) is 3.64. The summed E-state index contributed by atoms with van der Waals surface area (Å²) in [6.07, 6.45) is 2.13. The summed E-state index contributed by atoms with van der Waals surface area (Å²) in [5, 5.41) is 13.6. The smallest absolute Gasteiger partial charge is 0.162 e. The van der Waals surface area contributed by atoms with Gasteiger partial charge in [0, 0.05) is 17.6 Å². The molecule has 0 aliphatic carbocycles. The van der Waals surface area contributed by atoms with Crippen LogP contribution in [0.15, 0.2) is 18.2 Å². The second-order valence-electron chi connectivity index (χ2n) is 4.82. The monoisotopic (exact) mass is 251 g/mol. The maximum atomic E-state index is 10.1. The quantitative estimate of drug-likeness (QED) is 0.779. The van der Waals surface area contributed by atoms with Gasteiger partial charge in [-0.25, -0.2) is 0 Å². The lowest BCUT2D eigenvalue weighted by Gasteiger charge is -2.28. The van der Waals surface area contributed by atoms with Crippen molar-refractivity contribution in [1.29, 1.82) is 0 Å². The summed E-state index contributed by atoms with van der Waals surface area (Å²) in [6, 6.07) is 5.63. The second-order valence-corrected chi connectivity index (χ2v) is 4.82. The van der Waals surface area contributed by atoms with Crippen LogP contribution in [0.1, 0.15) is 46.1 Å². The molecule has 0 aliphatic heterocycles. The molecule has 0 saturated heterocycles. The van der Waals surface area contributed by atoms with Crippen LogP contribution in [-0.4, -0.2) is 17.3 Å². The number of hydrogen-bond donors (Lipinski definition) is 2. The van der Waals surface area contributed by atoms with Crippen molar-refractivity contribution in [2.45, 2.75) is 52.6 Å². The van der Waals surface area contributed by atoms with E-state index in [0.717, 1.165) is 18.4 Å². The largest absolute Gasteiger partial charge is 0.504 e. The molecule has 0 heterocycles. The maximum Gasteiger partial charge on any atom is 0.162 e. The van der Waals surface area contributed by atoms with Gasteiger partial charge in [-0.3, -0.25) is 0 Å². The highest BCUT2D eigenvalue weighted by molar-refractivity contribution is 5.45. The molecule has 0 spiro atoms. The molecule has 3 heteroatoms. The standard InChI is InChI=1S/C15H25NO2/c1-5-15(4,6-2)16-11-12-9-8-10-13(14(12)17)18-7-3/h8-10,16-17H,5-7,11H2,1-4H3. The van der Waals surface area contributed by atoms with E-state index in [2.05, 4.69) is 26.1 Å². The van der Waals surface area contributed by atoms with Crippen LogP contribution in [0.5, 0.6) is 11.5 Å². The SMILES string of the molecule is CCOc1cccc(CNC(C)(CC)CC)c1O. The number of phenols is 1.